The molecule has 2 heteroatoms. The molecule has 2 heterocycles. The van der Waals surface area contributed by atoms with Gasteiger partial charge in [-0.05, 0) is 72.0 Å². The molecule has 2 aliphatic rings. The lowest BCUT2D eigenvalue weighted by Gasteiger charge is -2.12. The molecular formula is C32H30NO+. The minimum absolute atomic E-state index is 0.850. The van der Waals surface area contributed by atoms with E-state index in [1.165, 1.54) is 92.7 Å². The summed E-state index contributed by atoms with van der Waals surface area (Å²) in [5, 5.41) is 5.14. The molecule has 5 aromatic rings. The average molecular weight is 445 g/mol. The second kappa shape index (κ2) is 7.30. The molecule has 1 saturated carbocycles. The van der Waals surface area contributed by atoms with Crippen molar-refractivity contribution in [3.8, 4) is 0 Å². The van der Waals surface area contributed by atoms with Gasteiger partial charge in [-0.1, -0.05) is 56.0 Å². The van der Waals surface area contributed by atoms with Crippen molar-refractivity contribution in [1.82, 2.24) is 0 Å². The van der Waals surface area contributed by atoms with E-state index in [1.807, 2.05) is 0 Å². The van der Waals surface area contributed by atoms with Gasteiger partial charge in [0.25, 0.3) is 0 Å². The number of hydrogen-bond acceptors (Lipinski definition) is 1. The second-order valence-electron chi connectivity index (χ2n) is 10.5. The van der Waals surface area contributed by atoms with Gasteiger partial charge in [0.05, 0.1) is 11.0 Å². The lowest BCUT2D eigenvalue weighted by molar-refractivity contribution is -0.672. The SMILES string of the molecule is Cc1cc2c(oc3ccccc32)c(C2=Cc3cc(CC4CCCC4)cc4cc[n+](C)c2c34)c1C. The van der Waals surface area contributed by atoms with E-state index in [0.717, 1.165) is 17.1 Å². The molecule has 2 nitrogen and oxygen atoms in total. The molecule has 168 valence electrons. The number of benzene rings is 3. The first-order chi connectivity index (χ1) is 16.6. The smallest absolute Gasteiger partial charge is 0.221 e. The number of furan rings is 1. The van der Waals surface area contributed by atoms with Gasteiger partial charge in [-0.2, -0.15) is 0 Å². The van der Waals surface area contributed by atoms with E-state index in [4.69, 9.17) is 4.42 Å². The van der Waals surface area contributed by atoms with Gasteiger partial charge in [0.15, 0.2) is 6.20 Å². The molecular weight excluding hydrogens is 414 g/mol. The number of pyridine rings is 1. The van der Waals surface area contributed by atoms with Gasteiger partial charge in [-0.25, -0.2) is 4.57 Å². The van der Waals surface area contributed by atoms with E-state index in [-0.39, 0.29) is 0 Å². The monoisotopic (exact) mass is 444 g/mol. The minimum atomic E-state index is 0.850. The van der Waals surface area contributed by atoms with Crippen LogP contribution in [0.5, 0.6) is 0 Å². The van der Waals surface area contributed by atoms with Crippen molar-refractivity contribution in [2.45, 2.75) is 46.0 Å². The fraction of sp³-hybridized carbons (Fsp3) is 0.281. The van der Waals surface area contributed by atoms with E-state index >= 15 is 0 Å². The summed E-state index contributed by atoms with van der Waals surface area (Å²) >= 11 is 0. The second-order valence-corrected chi connectivity index (χ2v) is 10.5. The molecule has 34 heavy (non-hydrogen) atoms. The van der Waals surface area contributed by atoms with Crippen LogP contribution in [0.3, 0.4) is 0 Å². The van der Waals surface area contributed by atoms with Crippen molar-refractivity contribution in [2.75, 3.05) is 0 Å². The Labute approximate surface area is 200 Å². The summed E-state index contributed by atoms with van der Waals surface area (Å²) in [6.45, 7) is 4.47. The molecule has 0 saturated heterocycles. The molecule has 0 N–H and O–H groups in total. The Balaban J connectivity index is 1.49. The zero-order valence-electron chi connectivity index (χ0n) is 20.2. The van der Waals surface area contributed by atoms with Crippen molar-refractivity contribution in [3.63, 3.8) is 0 Å². The Hall–Kier alpha value is -3.39. The van der Waals surface area contributed by atoms with Crippen LogP contribution in [0, 0.1) is 19.8 Å². The highest BCUT2D eigenvalue weighted by Gasteiger charge is 2.31. The van der Waals surface area contributed by atoms with Gasteiger partial charge < -0.3 is 4.42 Å². The van der Waals surface area contributed by atoms with Crippen LogP contribution in [0.4, 0.5) is 0 Å². The molecule has 0 spiro atoms. The molecule has 0 atom stereocenters. The Kier molecular flexibility index (Phi) is 4.30. The summed E-state index contributed by atoms with van der Waals surface area (Å²) < 4.78 is 8.82. The molecule has 0 bridgehead atoms. The predicted octanol–water partition coefficient (Wildman–Crippen LogP) is 7.82. The maximum atomic E-state index is 6.53. The number of rotatable bonds is 3. The van der Waals surface area contributed by atoms with Crippen molar-refractivity contribution in [2.24, 2.45) is 13.0 Å². The molecule has 7 rings (SSSR count). The Morgan fingerprint density at radius 1 is 0.971 bits per heavy atom. The highest BCUT2D eigenvalue weighted by atomic mass is 16.3. The van der Waals surface area contributed by atoms with E-state index in [9.17, 15) is 0 Å². The van der Waals surface area contributed by atoms with Crippen molar-refractivity contribution in [3.05, 3.63) is 88.2 Å². The summed E-state index contributed by atoms with van der Waals surface area (Å²) in [6, 6.07) is 17.9. The standard InChI is InChI=1S/C32H30NO/c1-19-14-26-25-10-6-7-11-28(25)34-32(26)29(20(19)2)27-18-24-17-22(15-21-8-4-5-9-21)16-23-12-13-33(3)31(27)30(23)24/h6-7,10-14,16-18,21H,4-5,8-9,15H2,1-3H3/q+1. The van der Waals surface area contributed by atoms with E-state index in [0.29, 0.717) is 0 Å². The fourth-order valence-electron chi connectivity index (χ4n) is 6.53. The number of nitrogens with zero attached hydrogens (tertiary/aromatic N) is 1. The number of para-hydroxylation sites is 1. The van der Waals surface area contributed by atoms with Crippen LogP contribution < -0.4 is 4.57 Å². The van der Waals surface area contributed by atoms with E-state index < -0.39 is 0 Å². The van der Waals surface area contributed by atoms with Gasteiger partial charge in [-0.15, -0.1) is 0 Å². The number of aromatic nitrogens is 1. The summed E-state index contributed by atoms with van der Waals surface area (Å²) in [4.78, 5) is 0. The molecule has 1 fully saturated rings. The van der Waals surface area contributed by atoms with Crippen LogP contribution in [0.1, 0.15) is 59.2 Å². The third-order valence-electron chi connectivity index (χ3n) is 8.34. The normalized spacial score (nSPS) is 15.8. The molecule has 0 radical (unpaired) electrons. The first-order valence-electron chi connectivity index (χ1n) is 12.7. The largest absolute Gasteiger partial charge is 0.455 e. The number of hydrogen-bond donors (Lipinski definition) is 0. The fourth-order valence-corrected chi connectivity index (χ4v) is 6.53. The average Bonchev–Trinajstić information content (AvgIpc) is 3.56. The van der Waals surface area contributed by atoms with Gasteiger partial charge >= 0.3 is 0 Å². The number of aryl methyl sites for hydroxylation is 2. The molecule has 2 aliphatic carbocycles. The third kappa shape index (κ3) is 2.84. The van der Waals surface area contributed by atoms with Crippen molar-refractivity contribution in [1.29, 1.82) is 0 Å². The van der Waals surface area contributed by atoms with Crippen molar-refractivity contribution < 1.29 is 8.98 Å². The van der Waals surface area contributed by atoms with Crippen molar-refractivity contribution >= 4 is 44.4 Å². The molecule has 0 unspecified atom stereocenters. The molecule has 0 amide bonds. The molecule has 3 aromatic carbocycles. The first-order valence-corrected chi connectivity index (χ1v) is 12.7. The van der Waals surface area contributed by atoms with Gasteiger partial charge in [0.2, 0.25) is 5.69 Å². The molecule has 0 aliphatic heterocycles. The summed E-state index contributed by atoms with van der Waals surface area (Å²) in [5.41, 5.74) is 11.2. The first kappa shape index (κ1) is 20.0. The Morgan fingerprint density at radius 2 is 1.79 bits per heavy atom. The maximum absolute atomic E-state index is 6.53. The van der Waals surface area contributed by atoms with Crippen LogP contribution in [0.2, 0.25) is 0 Å². The van der Waals surface area contributed by atoms with Crippen LogP contribution in [-0.4, -0.2) is 0 Å². The topological polar surface area (TPSA) is 17.0 Å². The van der Waals surface area contributed by atoms with Gasteiger partial charge in [-0.3, -0.25) is 0 Å². The van der Waals surface area contributed by atoms with Crippen LogP contribution in [0.25, 0.3) is 44.4 Å². The van der Waals surface area contributed by atoms with Gasteiger partial charge in [0.1, 0.15) is 18.2 Å². The zero-order valence-corrected chi connectivity index (χ0v) is 20.2. The third-order valence-corrected chi connectivity index (χ3v) is 8.34. The summed E-state index contributed by atoms with van der Waals surface area (Å²) in [7, 11) is 2.17. The van der Waals surface area contributed by atoms with E-state index in [1.54, 1.807) is 0 Å². The highest BCUT2D eigenvalue weighted by Crippen LogP contribution is 2.45. The lowest BCUT2D eigenvalue weighted by Crippen LogP contribution is -2.32. The lowest BCUT2D eigenvalue weighted by atomic mass is 9.92. The Morgan fingerprint density at radius 3 is 2.65 bits per heavy atom. The predicted molar refractivity (Wildman–Crippen MR) is 141 cm³/mol. The summed E-state index contributed by atoms with van der Waals surface area (Å²) in [6.07, 6.45) is 11.4. The zero-order chi connectivity index (χ0) is 23.0. The number of fused-ring (bicyclic) bond motifs is 3. The minimum Gasteiger partial charge on any atom is -0.455 e. The van der Waals surface area contributed by atoms with Crippen LogP contribution >= 0.6 is 0 Å². The Bertz CT molecular complexity index is 1660. The van der Waals surface area contributed by atoms with Crippen LogP contribution in [0.15, 0.2) is 59.1 Å². The quantitative estimate of drug-likeness (QED) is 0.254. The van der Waals surface area contributed by atoms with E-state index in [2.05, 4.69) is 86.3 Å². The maximum Gasteiger partial charge on any atom is 0.221 e. The van der Waals surface area contributed by atoms with Crippen LogP contribution in [-0.2, 0) is 13.5 Å². The molecule has 2 aromatic heterocycles. The highest BCUT2D eigenvalue weighted by molar-refractivity contribution is 6.17. The summed E-state index contributed by atoms with van der Waals surface area (Å²) in [5.74, 6) is 0.850. The van der Waals surface area contributed by atoms with Gasteiger partial charge in [0, 0.05) is 22.4 Å².